The normalized spacial score (nSPS) is 14.7. The molecule has 0 N–H and O–H groups in total. The van der Waals surface area contributed by atoms with Gasteiger partial charge in [0, 0.05) is 5.69 Å². The van der Waals surface area contributed by atoms with Gasteiger partial charge in [-0.15, -0.1) is 11.6 Å². The monoisotopic (exact) mass is 195 g/mol. The quantitative estimate of drug-likeness (QED) is 0.628. The zero-order valence-corrected chi connectivity index (χ0v) is 8.91. The molecule has 1 heterocycles. The highest BCUT2D eigenvalue weighted by Crippen LogP contribution is 2.29. The first-order valence-corrected chi connectivity index (χ1v) is 5.31. The minimum Gasteiger partial charge on any atom is -0.256 e. The summed E-state index contributed by atoms with van der Waals surface area (Å²) in [5.41, 5.74) is 6.58. The van der Waals surface area contributed by atoms with Gasteiger partial charge in [-0.25, -0.2) is 0 Å². The van der Waals surface area contributed by atoms with Crippen molar-refractivity contribution in [3.63, 3.8) is 0 Å². The Balaban J connectivity index is 2.64. The van der Waals surface area contributed by atoms with Crippen LogP contribution in [0.3, 0.4) is 0 Å². The SMILES string of the molecule is Cc1nc(CCl)c2c(c1C)CCC2. The van der Waals surface area contributed by atoms with Gasteiger partial charge in [0.1, 0.15) is 0 Å². The molecule has 0 saturated carbocycles. The van der Waals surface area contributed by atoms with Gasteiger partial charge in [0.2, 0.25) is 0 Å². The minimum atomic E-state index is 0.559. The van der Waals surface area contributed by atoms with Gasteiger partial charge in [0.25, 0.3) is 0 Å². The van der Waals surface area contributed by atoms with Crippen molar-refractivity contribution in [2.24, 2.45) is 0 Å². The Kier molecular flexibility index (Phi) is 2.29. The van der Waals surface area contributed by atoms with Crippen molar-refractivity contribution < 1.29 is 0 Å². The maximum absolute atomic E-state index is 5.87. The average Bonchev–Trinajstić information content (AvgIpc) is 2.60. The molecule has 1 aliphatic carbocycles. The van der Waals surface area contributed by atoms with Gasteiger partial charge in [-0.1, -0.05) is 0 Å². The summed E-state index contributed by atoms with van der Waals surface area (Å²) in [6.45, 7) is 4.24. The van der Waals surface area contributed by atoms with Gasteiger partial charge in [-0.2, -0.15) is 0 Å². The molecule has 0 aliphatic heterocycles. The molecular weight excluding hydrogens is 182 g/mol. The number of rotatable bonds is 1. The molecule has 70 valence electrons. The van der Waals surface area contributed by atoms with Gasteiger partial charge < -0.3 is 0 Å². The smallest absolute Gasteiger partial charge is 0.0650 e. The standard InChI is InChI=1S/C11H14ClN/c1-7-8(2)13-11(6-12)10-5-3-4-9(7)10/h3-6H2,1-2H3. The largest absolute Gasteiger partial charge is 0.256 e. The minimum absolute atomic E-state index is 0.559. The van der Waals surface area contributed by atoms with E-state index in [4.69, 9.17) is 11.6 Å². The molecule has 2 rings (SSSR count). The predicted octanol–water partition coefficient (Wildman–Crippen LogP) is 2.93. The lowest BCUT2D eigenvalue weighted by atomic mass is 10.0. The van der Waals surface area contributed by atoms with Crippen LogP contribution in [0, 0.1) is 13.8 Å². The van der Waals surface area contributed by atoms with Gasteiger partial charge in [0.05, 0.1) is 11.6 Å². The first kappa shape index (κ1) is 9.01. The molecular formula is C11H14ClN. The second-order valence-corrected chi connectivity index (χ2v) is 3.98. The summed E-state index contributed by atoms with van der Waals surface area (Å²) in [6.07, 6.45) is 3.66. The number of fused-ring (bicyclic) bond motifs is 1. The highest BCUT2D eigenvalue weighted by molar-refractivity contribution is 6.17. The molecule has 1 aliphatic rings. The Labute approximate surface area is 84.1 Å². The van der Waals surface area contributed by atoms with Crippen LogP contribution in [0.15, 0.2) is 0 Å². The van der Waals surface area contributed by atoms with Crippen LogP contribution in [-0.2, 0) is 18.7 Å². The maximum Gasteiger partial charge on any atom is 0.0650 e. The van der Waals surface area contributed by atoms with E-state index in [1.807, 2.05) is 0 Å². The Morgan fingerprint density at radius 2 is 1.92 bits per heavy atom. The summed E-state index contributed by atoms with van der Waals surface area (Å²) in [6, 6.07) is 0. The topological polar surface area (TPSA) is 12.9 Å². The number of nitrogens with zero attached hydrogens (tertiary/aromatic N) is 1. The van der Waals surface area contributed by atoms with E-state index in [1.165, 1.54) is 36.0 Å². The molecule has 1 aromatic heterocycles. The van der Waals surface area contributed by atoms with E-state index < -0.39 is 0 Å². The van der Waals surface area contributed by atoms with Crippen molar-refractivity contribution in [2.45, 2.75) is 39.0 Å². The molecule has 13 heavy (non-hydrogen) atoms. The van der Waals surface area contributed by atoms with Crippen LogP contribution in [0.2, 0.25) is 0 Å². The zero-order valence-electron chi connectivity index (χ0n) is 8.15. The summed E-state index contributed by atoms with van der Waals surface area (Å²) < 4.78 is 0. The van der Waals surface area contributed by atoms with Crippen LogP contribution in [0.1, 0.15) is 34.5 Å². The second-order valence-electron chi connectivity index (χ2n) is 3.71. The molecule has 0 aromatic carbocycles. The number of pyridine rings is 1. The van der Waals surface area contributed by atoms with Crippen LogP contribution in [-0.4, -0.2) is 4.98 Å². The summed E-state index contributed by atoms with van der Waals surface area (Å²) in [7, 11) is 0. The Morgan fingerprint density at radius 1 is 1.23 bits per heavy atom. The molecule has 0 radical (unpaired) electrons. The number of hydrogen-bond donors (Lipinski definition) is 0. The summed E-state index contributed by atoms with van der Waals surface area (Å²) in [5.74, 6) is 0.559. The number of halogens is 1. The molecule has 0 spiro atoms. The Bertz CT molecular complexity index is 344. The van der Waals surface area contributed by atoms with E-state index in [-0.39, 0.29) is 0 Å². The number of alkyl halides is 1. The molecule has 0 fully saturated rings. The van der Waals surface area contributed by atoms with Crippen LogP contribution in [0.5, 0.6) is 0 Å². The van der Waals surface area contributed by atoms with Crippen molar-refractivity contribution in [1.82, 2.24) is 4.98 Å². The molecule has 1 nitrogen and oxygen atoms in total. The highest BCUT2D eigenvalue weighted by atomic mass is 35.5. The fourth-order valence-electron chi connectivity index (χ4n) is 2.16. The van der Waals surface area contributed by atoms with Crippen molar-refractivity contribution in [1.29, 1.82) is 0 Å². The first-order chi connectivity index (χ1) is 6.24. The van der Waals surface area contributed by atoms with Crippen molar-refractivity contribution in [3.8, 4) is 0 Å². The van der Waals surface area contributed by atoms with E-state index in [0.717, 1.165) is 11.4 Å². The van der Waals surface area contributed by atoms with E-state index >= 15 is 0 Å². The number of aromatic nitrogens is 1. The number of hydrogen-bond acceptors (Lipinski definition) is 1. The molecule has 0 unspecified atom stereocenters. The lowest BCUT2D eigenvalue weighted by molar-refractivity contribution is 0.905. The van der Waals surface area contributed by atoms with Crippen LogP contribution in [0.25, 0.3) is 0 Å². The third-order valence-corrected chi connectivity index (χ3v) is 3.24. The van der Waals surface area contributed by atoms with E-state index in [1.54, 1.807) is 0 Å². The number of aryl methyl sites for hydroxylation is 1. The van der Waals surface area contributed by atoms with Crippen molar-refractivity contribution in [3.05, 3.63) is 28.1 Å². The Hall–Kier alpha value is -0.560. The van der Waals surface area contributed by atoms with E-state index in [9.17, 15) is 0 Å². The molecule has 1 aromatic rings. The van der Waals surface area contributed by atoms with Crippen molar-refractivity contribution >= 4 is 11.6 Å². The van der Waals surface area contributed by atoms with Gasteiger partial charge in [-0.3, -0.25) is 4.98 Å². The van der Waals surface area contributed by atoms with Crippen LogP contribution in [0.4, 0.5) is 0 Å². The average molecular weight is 196 g/mol. The van der Waals surface area contributed by atoms with Crippen LogP contribution >= 0.6 is 11.6 Å². The molecule has 2 heteroatoms. The molecule has 0 atom stereocenters. The van der Waals surface area contributed by atoms with Crippen LogP contribution < -0.4 is 0 Å². The van der Waals surface area contributed by atoms with E-state index in [0.29, 0.717) is 5.88 Å². The summed E-state index contributed by atoms with van der Waals surface area (Å²) in [4.78, 5) is 4.53. The van der Waals surface area contributed by atoms with Crippen molar-refractivity contribution in [2.75, 3.05) is 0 Å². The fraction of sp³-hybridized carbons (Fsp3) is 0.545. The Morgan fingerprint density at radius 3 is 2.62 bits per heavy atom. The fourth-order valence-corrected chi connectivity index (χ4v) is 2.38. The third-order valence-electron chi connectivity index (χ3n) is 2.99. The lowest BCUT2D eigenvalue weighted by Crippen LogP contribution is -2.01. The first-order valence-electron chi connectivity index (χ1n) is 4.78. The van der Waals surface area contributed by atoms with E-state index in [2.05, 4.69) is 18.8 Å². The van der Waals surface area contributed by atoms with Gasteiger partial charge >= 0.3 is 0 Å². The summed E-state index contributed by atoms with van der Waals surface area (Å²) >= 11 is 5.87. The van der Waals surface area contributed by atoms with Gasteiger partial charge in [0.15, 0.2) is 0 Å². The molecule has 0 amide bonds. The zero-order chi connectivity index (χ0) is 9.42. The van der Waals surface area contributed by atoms with Gasteiger partial charge in [-0.05, 0) is 49.8 Å². The predicted molar refractivity (Wildman–Crippen MR) is 55.3 cm³/mol. The maximum atomic E-state index is 5.87. The lowest BCUT2D eigenvalue weighted by Gasteiger charge is -2.10. The molecule has 0 saturated heterocycles. The summed E-state index contributed by atoms with van der Waals surface area (Å²) in [5, 5.41) is 0. The third kappa shape index (κ3) is 1.35. The molecule has 0 bridgehead atoms. The second kappa shape index (κ2) is 3.30. The highest BCUT2D eigenvalue weighted by Gasteiger charge is 2.18.